The van der Waals surface area contributed by atoms with Crippen LogP contribution in [0.1, 0.15) is 40.5 Å². The fourth-order valence-electron chi connectivity index (χ4n) is 4.52. The molecule has 2 atom stereocenters. The molecule has 0 aliphatic heterocycles. The fourth-order valence-corrected chi connectivity index (χ4v) is 7.77. The Morgan fingerprint density at radius 3 is 1.56 bits per heavy atom. The van der Waals surface area contributed by atoms with E-state index in [0.29, 0.717) is 0 Å². The maximum Gasteiger partial charge on any atom is 4.00 e. The molecule has 0 radical (unpaired) electrons. The summed E-state index contributed by atoms with van der Waals surface area (Å²) in [5.74, 6) is 0. The molecule has 0 N–H and O–H groups in total. The summed E-state index contributed by atoms with van der Waals surface area (Å²) in [6, 6.07) is 32.9. The molecule has 34 heavy (non-hydrogen) atoms. The van der Waals surface area contributed by atoms with E-state index >= 15 is 0 Å². The van der Waals surface area contributed by atoms with E-state index in [1.807, 2.05) is 0 Å². The standard InChI is InChI=1S/C17H24P.C13H9.2ClH.Hf/c1-5-13(3)18(14(4)6-2)17-11-15-9-7-8-10-16(15)12-17;1-3-7-12-10(5-1)9-11-6-2-4-8-13(11)12;;;/h7-14H,5-6H2,1-4H3;1-9H;2*1H;/q2*-1;;;+4/p-2. The van der Waals surface area contributed by atoms with E-state index < -0.39 is 0 Å². The van der Waals surface area contributed by atoms with Crippen molar-refractivity contribution < 1.29 is 50.7 Å². The molecule has 0 saturated carbocycles. The Kier molecular flexibility index (Phi) is 13.3. The van der Waals surface area contributed by atoms with Crippen LogP contribution in [0, 0.1) is 0 Å². The van der Waals surface area contributed by atoms with Crippen molar-refractivity contribution in [3.05, 3.63) is 91.0 Å². The van der Waals surface area contributed by atoms with Gasteiger partial charge in [0.2, 0.25) is 0 Å². The van der Waals surface area contributed by atoms with Crippen LogP contribution in [0.5, 0.6) is 0 Å². The van der Waals surface area contributed by atoms with Crippen molar-refractivity contribution >= 4 is 45.5 Å². The Morgan fingerprint density at radius 2 is 1.09 bits per heavy atom. The molecular formula is C30H33Cl2HfP. The van der Waals surface area contributed by atoms with Gasteiger partial charge >= 0.3 is 25.8 Å². The molecule has 5 aromatic carbocycles. The van der Waals surface area contributed by atoms with E-state index in [0.717, 1.165) is 11.3 Å². The monoisotopic (exact) mass is 674 g/mol. The summed E-state index contributed by atoms with van der Waals surface area (Å²) >= 11 is 0. The third-order valence-electron chi connectivity index (χ3n) is 6.56. The third kappa shape index (κ3) is 6.82. The molecule has 0 aliphatic rings. The fraction of sp³-hybridized carbons (Fsp3) is 0.267. The third-order valence-corrected chi connectivity index (χ3v) is 10.0. The van der Waals surface area contributed by atoms with Crippen molar-refractivity contribution in [1.29, 1.82) is 0 Å². The number of benzene rings is 3. The number of halogens is 2. The number of hydrogen-bond donors (Lipinski definition) is 0. The number of rotatable bonds is 5. The van der Waals surface area contributed by atoms with E-state index in [1.165, 1.54) is 45.2 Å². The first kappa shape index (κ1) is 31.1. The Labute approximate surface area is 237 Å². The average molecular weight is 674 g/mol. The van der Waals surface area contributed by atoms with Crippen molar-refractivity contribution in [2.45, 2.75) is 51.9 Å². The summed E-state index contributed by atoms with van der Waals surface area (Å²) in [4.78, 5) is 0. The van der Waals surface area contributed by atoms with Crippen LogP contribution in [-0.4, -0.2) is 11.3 Å². The van der Waals surface area contributed by atoms with Gasteiger partial charge in [-0.1, -0.05) is 78.1 Å². The summed E-state index contributed by atoms with van der Waals surface area (Å²) in [5, 5.41) is 9.82. The van der Waals surface area contributed by atoms with Crippen molar-refractivity contribution in [1.82, 2.24) is 0 Å². The molecule has 176 valence electrons. The van der Waals surface area contributed by atoms with Gasteiger partial charge in [-0.15, -0.1) is 80.1 Å². The molecule has 0 spiro atoms. The molecule has 0 fully saturated rings. The van der Waals surface area contributed by atoms with Gasteiger partial charge < -0.3 is 24.8 Å². The summed E-state index contributed by atoms with van der Waals surface area (Å²) < 4.78 is 0. The Hall–Kier alpha value is -0.980. The van der Waals surface area contributed by atoms with Crippen LogP contribution in [0.3, 0.4) is 0 Å². The quantitative estimate of drug-likeness (QED) is 0.153. The zero-order valence-electron chi connectivity index (χ0n) is 20.4. The SMILES string of the molecule is CCC(C)P(c1cc2ccccc2[cH-]1)C(C)CC.[Cl-].[Cl-].[Hf+4].c1ccc2c(c1)[cH-]c1ccccc12. The van der Waals surface area contributed by atoms with Crippen LogP contribution in [-0.2, 0) is 25.8 Å². The maximum absolute atomic E-state index is 2.43. The minimum atomic E-state index is -0.0252. The van der Waals surface area contributed by atoms with E-state index in [1.54, 1.807) is 5.30 Å². The minimum absolute atomic E-state index is 0. The smallest absolute Gasteiger partial charge is 1.00 e. The topological polar surface area (TPSA) is 0 Å². The van der Waals surface area contributed by atoms with E-state index in [-0.39, 0.29) is 58.6 Å². The molecule has 0 aromatic heterocycles. The molecule has 0 amide bonds. The van der Waals surface area contributed by atoms with Gasteiger partial charge in [-0.2, -0.15) is 6.07 Å². The average Bonchev–Trinajstić information content (AvgIpc) is 3.40. The summed E-state index contributed by atoms with van der Waals surface area (Å²) in [6.45, 7) is 9.50. The van der Waals surface area contributed by atoms with Gasteiger partial charge in [0, 0.05) is 0 Å². The van der Waals surface area contributed by atoms with Crippen molar-refractivity contribution in [2.75, 3.05) is 0 Å². The van der Waals surface area contributed by atoms with Crippen LogP contribution in [0.15, 0.2) is 91.0 Å². The predicted octanol–water partition coefficient (Wildman–Crippen LogP) is 2.98. The Balaban J connectivity index is 0.000000323. The molecule has 0 nitrogen and oxygen atoms in total. The van der Waals surface area contributed by atoms with Gasteiger partial charge in [-0.05, 0) is 24.2 Å². The molecule has 0 bridgehead atoms. The molecule has 0 saturated heterocycles. The summed E-state index contributed by atoms with van der Waals surface area (Å²) in [6.07, 6.45) is 2.58. The van der Waals surface area contributed by atoms with E-state index in [9.17, 15) is 0 Å². The van der Waals surface area contributed by atoms with Crippen LogP contribution in [0.4, 0.5) is 0 Å². The Morgan fingerprint density at radius 1 is 0.647 bits per heavy atom. The number of hydrogen-bond acceptors (Lipinski definition) is 0. The van der Waals surface area contributed by atoms with Crippen LogP contribution < -0.4 is 30.1 Å². The van der Waals surface area contributed by atoms with E-state index in [2.05, 4.69) is 119 Å². The van der Waals surface area contributed by atoms with Gasteiger partial charge in [0.15, 0.2) is 0 Å². The second kappa shape index (κ2) is 14.5. The molecule has 4 heteroatoms. The van der Waals surface area contributed by atoms with Gasteiger partial charge in [0.25, 0.3) is 0 Å². The normalized spacial score (nSPS) is 13.1. The van der Waals surface area contributed by atoms with Crippen molar-refractivity contribution in [3.8, 4) is 0 Å². The van der Waals surface area contributed by atoms with Gasteiger partial charge in [0.1, 0.15) is 0 Å². The minimum Gasteiger partial charge on any atom is -1.00 e. The van der Waals surface area contributed by atoms with Crippen molar-refractivity contribution in [3.63, 3.8) is 0 Å². The molecule has 2 unspecified atom stereocenters. The van der Waals surface area contributed by atoms with Crippen LogP contribution in [0.2, 0.25) is 0 Å². The van der Waals surface area contributed by atoms with E-state index in [4.69, 9.17) is 0 Å². The first-order valence-corrected chi connectivity index (χ1v) is 13.1. The summed E-state index contributed by atoms with van der Waals surface area (Å²) in [7, 11) is -0.0252. The van der Waals surface area contributed by atoms with Gasteiger partial charge in [-0.25, -0.2) is 0 Å². The van der Waals surface area contributed by atoms with Gasteiger partial charge in [0.05, 0.1) is 0 Å². The first-order valence-electron chi connectivity index (χ1n) is 11.6. The molecule has 5 rings (SSSR count). The number of fused-ring (bicyclic) bond motifs is 4. The first-order chi connectivity index (χ1) is 15.1. The van der Waals surface area contributed by atoms with Crippen LogP contribution >= 0.6 is 7.92 Å². The predicted molar refractivity (Wildman–Crippen MR) is 143 cm³/mol. The van der Waals surface area contributed by atoms with Crippen LogP contribution in [0.25, 0.3) is 32.3 Å². The zero-order chi connectivity index (χ0) is 21.8. The second-order valence-electron chi connectivity index (χ2n) is 8.58. The Bertz CT molecular complexity index is 1180. The summed E-state index contributed by atoms with van der Waals surface area (Å²) in [5.41, 5.74) is 1.65. The second-order valence-corrected chi connectivity index (χ2v) is 11.7. The molecule has 5 aromatic rings. The van der Waals surface area contributed by atoms with Gasteiger partial charge in [-0.3, -0.25) is 0 Å². The molecular weight excluding hydrogens is 641 g/mol. The van der Waals surface area contributed by atoms with Crippen molar-refractivity contribution in [2.24, 2.45) is 0 Å². The maximum atomic E-state index is 2.43. The largest absolute Gasteiger partial charge is 4.00 e. The molecule has 0 heterocycles. The zero-order valence-corrected chi connectivity index (χ0v) is 26.4. The molecule has 0 aliphatic carbocycles.